The first-order valence-corrected chi connectivity index (χ1v) is 9.62. The van der Waals surface area contributed by atoms with Crippen LogP contribution in [0.1, 0.15) is 56.6 Å². The molecule has 0 unspecified atom stereocenters. The molecule has 0 fully saturated rings. The maximum absolute atomic E-state index is 12.7. The van der Waals surface area contributed by atoms with Gasteiger partial charge in [0, 0.05) is 25.7 Å². The van der Waals surface area contributed by atoms with Crippen molar-refractivity contribution in [2.75, 3.05) is 18.0 Å². The Bertz CT molecular complexity index is 662. The normalized spacial score (nSPS) is 10.8. The minimum Gasteiger partial charge on any atom is -0.364 e. The molecular weight excluding hydrogens is 322 g/mol. The summed E-state index contributed by atoms with van der Waals surface area (Å²) in [5, 5.41) is 0. The Hall–Kier alpha value is -2.36. The number of pyridine rings is 1. The van der Waals surface area contributed by atoms with E-state index in [-0.39, 0.29) is 5.91 Å². The van der Waals surface area contributed by atoms with Crippen LogP contribution in [0.4, 0.5) is 5.69 Å². The molecule has 140 valence electrons. The minimum atomic E-state index is 0.0272. The predicted octanol–water partition coefficient (Wildman–Crippen LogP) is 4.76. The molecule has 1 heterocycles. The number of anilines is 1. The van der Waals surface area contributed by atoms with Crippen LogP contribution in [-0.4, -0.2) is 34.9 Å². The molecule has 0 atom stereocenters. The predicted molar refractivity (Wildman–Crippen MR) is 108 cm³/mol. The maximum atomic E-state index is 12.7. The number of rotatable bonds is 9. The molecule has 4 heteroatoms. The van der Waals surface area contributed by atoms with Gasteiger partial charge < -0.3 is 9.80 Å². The van der Waals surface area contributed by atoms with E-state index in [4.69, 9.17) is 0 Å². The van der Waals surface area contributed by atoms with Crippen LogP contribution in [0.15, 0.2) is 48.7 Å². The zero-order valence-corrected chi connectivity index (χ0v) is 16.5. The summed E-state index contributed by atoms with van der Waals surface area (Å²) in [6.45, 7) is 10.9. The molecule has 0 spiro atoms. The largest absolute Gasteiger partial charge is 0.364 e. The Morgan fingerprint density at radius 3 is 2.15 bits per heavy atom. The Morgan fingerprint density at radius 2 is 1.65 bits per heavy atom. The van der Waals surface area contributed by atoms with E-state index >= 15 is 0 Å². The van der Waals surface area contributed by atoms with E-state index in [9.17, 15) is 4.79 Å². The number of carbonyl (C=O) groups is 1. The molecule has 0 saturated heterocycles. The maximum Gasteiger partial charge on any atom is 0.272 e. The molecule has 2 aromatic rings. The van der Waals surface area contributed by atoms with Gasteiger partial charge in [0.25, 0.3) is 5.91 Å². The lowest BCUT2D eigenvalue weighted by molar-refractivity contribution is 0.0749. The Balaban J connectivity index is 2.16. The molecule has 0 aliphatic heterocycles. The van der Waals surface area contributed by atoms with Crippen molar-refractivity contribution in [2.24, 2.45) is 0 Å². The highest BCUT2D eigenvalue weighted by atomic mass is 16.2. The van der Waals surface area contributed by atoms with Crippen LogP contribution < -0.4 is 4.90 Å². The van der Waals surface area contributed by atoms with Crippen molar-refractivity contribution in [1.82, 2.24) is 9.88 Å². The van der Waals surface area contributed by atoms with Crippen molar-refractivity contribution in [2.45, 2.75) is 53.1 Å². The molecule has 1 amide bonds. The molecular formula is C22H31N3O. The van der Waals surface area contributed by atoms with E-state index in [1.165, 1.54) is 5.56 Å². The van der Waals surface area contributed by atoms with E-state index < -0.39 is 0 Å². The van der Waals surface area contributed by atoms with Crippen LogP contribution in [0.25, 0.3) is 0 Å². The van der Waals surface area contributed by atoms with Crippen molar-refractivity contribution in [1.29, 1.82) is 0 Å². The van der Waals surface area contributed by atoms with Gasteiger partial charge in [-0.2, -0.15) is 0 Å². The van der Waals surface area contributed by atoms with E-state index in [1.54, 1.807) is 0 Å². The molecule has 4 nitrogen and oxygen atoms in total. The van der Waals surface area contributed by atoms with Crippen molar-refractivity contribution in [3.05, 3.63) is 59.9 Å². The Kier molecular flexibility index (Phi) is 7.64. The highest BCUT2D eigenvalue weighted by Gasteiger charge is 2.17. The fraction of sp³-hybridized carbons (Fsp3) is 0.455. The third-order valence-corrected chi connectivity index (χ3v) is 4.39. The lowest BCUT2D eigenvalue weighted by atomic mass is 10.1. The topological polar surface area (TPSA) is 36.4 Å². The standard InChI is InChI=1S/C22H31N3O/c1-5-14-24(15-6-2)22(26)21-13-12-20(16-23-21)25(18(3)4)17-19-10-8-7-9-11-19/h7-13,16,18H,5-6,14-15,17H2,1-4H3. The smallest absolute Gasteiger partial charge is 0.272 e. The third-order valence-electron chi connectivity index (χ3n) is 4.39. The summed E-state index contributed by atoms with van der Waals surface area (Å²) >= 11 is 0. The molecule has 1 aromatic carbocycles. The first-order chi connectivity index (χ1) is 12.6. The van der Waals surface area contributed by atoms with E-state index in [0.29, 0.717) is 11.7 Å². The van der Waals surface area contributed by atoms with Gasteiger partial charge in [-0.05, 0) is 44.4 Å². The van der Waals surface area contributed by atoms with Gasteiger partial charge in [0.1, 0.15) is 5.69 Å². The van der Waals surface area contributed by atoms with Crippen LogP contribution >= 0.6 is 0 Å². The van der Waals surface area contributed by atoms with Gasteiger partial charge in [-0.25, -0.2) is 4.98 Å². The van der Waals surface area contributed by atoms with Crippen molar-refractivity contribution in [3.8, 4) is 0 Å². The number of hydrogen-bond donors (Lipinski definition) is 0. The van der Waals surface area contributed by atoms with E-state index in [2.05, 4.69) is 61.8 Å². The Labute approximate surface area is 157 Å². The average molecular weight is 354 g/mol. The van der Waals surface area contributed by atoms with Gasteiger partial charge in [-0.1, -0.05) is 44.2 Å². The fourth-order valence-corrected chi connectivity index (χ4v) is 3.05. The van der Waals surface area contributed by atoms with Crippen LogP contribution in [0.2, 0.25) is 0 Å². The van der Waals surface area contributed by atoms with Crippen molar-refractivity contribution in [3.63, 3.8) is 0 Å². The third kappa shape index (κ3) is 5.32. The second kappa shape index (κ2) is 9.95. The second-order valence-electron chi connectivity index (χ2n) is 6.90. The fourth-order valence-electron chi connectivity index (χ4n) is 3.05. The number of benzene rings is 1. The molecule has 0 aliphatic rings. The van der Waals surface area contributed by atoms with Crippen LogP contribution in [-0.2, 0) is 6.54 Å². The lowest BCUT2D eigenvalue weighted by Crippen LogP contribution is -2.33. The molecule has 2 rings (SSSR count). The minimum absolute atomic E-state index is 0.0272. The first kappa shape index (κ1) is 20.0. The summed E-state index contributed by atoms with van der Waals surface area (Å²) in [6, 6.07) is 14.6. The van der Waals surface area contributed by atoms with Crippen LogP contribution in [0, 0.1) is 0 Å². The highest BCUT2D eigenvalue weighted by Crippen LogP contribution is 2.20. The monoisotopic (exact) mass is 353 g/mol. The quantitative estimate of drug-likeness (QED) is 0.652. The van der Waals surface area contributed by atoms with Gasteiger partial charge >= 0.3 is 0 Å². The van der Waals surface area contributed by atoms with Gasteiger partial charge in [-0.3, -0.25) is 4.79 Å². The molecule has 26 heavy (non-hydrogen) atoms. The van der Waals surface area contributed by atoms with Crippen LogP contribution in [0.5, 0.6) is 0 Å². The van der Waals surface area contributed by atoms with Gasteiger partial charge in [-0.15, -0.1) is 0 Å². The summed E-state index contributed by atoms with van der Waals surface area (Å²) in [5.74, 6) is 0.0272. The second-order valence-corrected chi connectivity index (χ2v) is 6.90. The summed E-state index contributed by atoms with van der Waals surface area (Å²) in [7, 11) is 0. The highest BCUT2D eigenvalue weighted by molar-refractivity contribution is 5.92. The zero-order chi connectivity index (χ0) is 18.9. The van der Waals surface area contributed by atoms with E-state index in [0.717, 1.165) is 38.2 Å². The van der Waals surface area contributed by atoms with Crippen LogP contribution in [0.3, 0.4) is 0 Å². The number of amides is 1. The lowest BCUT2D eigenvalue weighted by Gasteiger charge is -2.29. The molecule has 0 aliphatic carbocycles. The summed E-state index contributed by atoms with van der Waals surface area (Å²) in [5.41, 5.74) is 2.83. The van der Waals surface area contributed by atoms with Gasteiger partial charge in [0.15, 0.2) is 0 Å². The number of carbonyl (C=O) groups excluding carboxylic acids is 1. The number of hydrogen-bond acceptors (Lipinski definition) is 3. The Morgan fingerprint density at radius 1 is 1.00 bits per heavy atom. The first-order valence-electron chi connectivity index (χ1n) is 9.62. The summed E-state index contributed by atoms with van der Waals surface area (Å²) in [6.07, 6.45) is 3.75. The molecule has 0 bridgehead atoms. The average Bonchev–Trinajstić information content (AvgIpc) is 2.66. The molecule has 0 radical (unpaired) electrons. The molecule has 1 aromatic heterocycles. The summed E-state index contributed by atoms with van der Waals surface area (Å²) < 4.78 is 0. The number of nitrogens with zero attached hydrogens (tertiary/aromatic N) is 3. The zero-order valence-electron chi connectivity index (χ0n) is 16.5. The van der Waals surface area contributed by atoms with E-state index in [1.807, 2.05) is 29.3 Å². The molecule has 0 N–H and O–H groups in total. The van der Waals surface area contributed by atoms with Gasteiger partial charge in [0.05, 0.1) is 11.9 Å². The summed E-state index contributed by atoms with van der Waals surface area (Å²) in [4.78, 5) is 21.3. The van der Waals surface area contributed by atoms with Crippen molar-refractivity contribution >= 4 is 11.6 Å². The molecule has 0 saturated carbocycles. The van der Waals surface area contributed by atoms with Gasteiger partial charge in [0.2, 0.25) is 0 Å². The SMILES string of the molecule is CCCN(CCC)C(=O)c1ccc(N(Cc2ccccc2)C(C)C)cn1. The van der Waals surface area contributed by atoms with Crippen molar-refractivity contribution < 1.29 is 4.79 Å². The number of aromatic nitrogens is 1.